The topological polar surface area (TPSA) is 100 Å². The minimum absolute atomic E-state index is 0.186. The molecular formula is C26H30N4O5. The number of hydrogen-bond acceptors (Lipinski definition) is 5. The Morgan fingerprint density at radius 2 is 1.89 bits per heavy atom. The number of carbonyl (C=O) groups excluding carboxylic acids is 3. The maximum atomic E-state index is 13.6. The molecule has 0 aromatic heterocycles. The van der Waals surface area contributed by atoms with Crippen molar-refractivity contribution in [1.29, 1.82) is 0 Å². The maximum Gasteiger partial charge on any atom is 0.322 e. The highest BCUT2D eigenvalue weighted by Crippen LogP contribution is 2.38. The number of methoxy groups -OCH3 is 1. The van der Waals surface area contributed by atoms with Crippen molar-refractivity contribution in [2.75, 3.05) is 33.4 Å². The number of para-hydroxylation sites is 1. The van der Waals surface area contributed by atoms with Gasteiger partial charge in [-0.25, -0.2) is 4.79 Å². The SMILES string of the molecule is CCN1C(=O)NC(c2cccc(Oc3ccccc3)c2)C2=C1CN(C(C)C(=O)NCCOC)C2=O. The van der Waals surface area contributed by atoms with Gasteiger partial charge in [0.2, 0.25) is 5.91 Å². The lowest BCUT2D eigenvalue weighted by Crippen LogP contribution is -2.47. The van der Waals surface area contributed by atoms with Gasteiger partial charge in [-0.3, -0.25) is 14.5 Å². The minimum Gasteiger partial charge on any atom is -0.457 e. The molecular weight excluding hydrogens is 448 g/mol. The molecule has 0 saturated carbocycles. The van der Waals surface area contributed by atoms with E-state index in [-0.39, 0.29) is 24.4 Å². The molecule has 35 heavy (non-hydrogen) atoms. The average molecular weight is 479 g/mol. The Labute approximate surface area is 204 Å². The van der Waals surface area contributed by atoms with Crippen LogP contribution in [0.5, 0.6) is 11.5 Å². The van der Waals surface area contributed by atoms with Gasteiger partial charge in [-0.15, -0.1) is 0 Å². The predicted octanol–water partition coefficient (Wildman–Crippen LogP) is 2.81. The molecule has 4 rings (SSSR count). The predicted molar refractivity (Wildman–Crippen MR) is 130 cm³/mol. The Hall–Kier alpha value is -3.85. The monoisotopic (exact) mass is 478 g/mol. The van der Waals surface area contributed by atoms with Crippen molar-refractivity contribution in [3.8, 4) is 11.5 Å². The number of carbonyl (C=O) groups is 3. The van der Waals surface area contributed by atoms with E-state index < -0.39 is 12.1 Å². The lowest BCUT2D eigenvalue weighted by molar-refractivity contribution is -0.135. The fraction of sp³-hybridized carbons (Fsp3) is 0.346. The van der Waals surface area contributed by atoms with Crippen LogP contribution in [0.3, 0.4) is 0 Å². The van der Waals surface area contributed by atoms with Gasteiger partial charge >= 0.3 is 6.03 Å². The van der Waals surface area contributed by atoms with E-state index >= 15 is 0 Å². The van der Waals surface area contributed by atoms with Crippen LogP contribution in [-0.4, -0.2) is 67.0 Å². The molecule has 4 amide bonds. The number of hydrogen-bond donors (Lipinski definition) is 2. The molecule has 2 N–H and O–H groups in total. The first kappa shape index (κ1) is 24.3. The smallest absolute Gasteiger partial charge is 0.322 e. The number of rotatable bonds is 9. The zero-order chi connectivity index (χ0) is 24.9. The van der Waals surface area contributed by atoms with Crippen LogP contribution in [0.1, 0.15) is 25.5 Å². The third-order valence-corrected chi connectivity index (χ3v) is 6.19. The van der Waals surface area contributed by atoms with Crippen LogP contribution in [0.15, 0.2) is 65.9 Å². The standard InChI is InChI=1S/C26H30N4O5/c1-4-29-21-16-30(17(2)24(31)27-13-14-34-3)25(32)22(21)23(28-26(29)33)18-9-8-12-20(15-18)35-19-10-6-5-7-11-19/h5-12,15,17,23H,4,13-14,16H2,1-3H3,(H,27,31)(H,28,33). The third-order valence-electron chi connectivity index (χ3n) is 6.19. The molecule has 2 aromatic carbocycles. The van der Waals surface area contributed by atoms with E-state index in [2.05, 4.69) is 10.6 Å². The first-order chi connectivity index (χ1) is 16.9. The molecule has 0 saturated heterocycles. The van der Waals surface area contributed by atoms with Crippen molar-refractivity contribution < 1.29 is 23.9 Å². The van der Waals surface area contributed by atoms with E-state index in [0.717, 1.165) is 5.56 Å². The van der Waals surface area contributed by atoms with Gasteiger partial charge < -0.3 is 25.0 Å². The minimum atomic E-state index is -0.702. The summed E-state index contributed by atoms with van der Waals surface area (Å²) in [5.74, 6) is 0.738. The van der Waals surface area contributed by atoms with Gasteiger partial charge in [-0.05, 0) is 43.7 Å². The van der Waals surface area contributed by atoms with E-state index in [1.54, 1.807) is 18.9 Å². The summed E-state index contributed by atoms with van der Waals surface area (Å²) in [5.41, 5.74) is 1.82. The summed E-state index contributed by atoms with van der Waals surface area (Å²) in [5, 5.41) is 5.75. The summed E-state index contributed by atoms with van der Waals surface area (Å²) in [4.78, 5) is 42.3. The highest BCUT2D eigenvalue weighted by atomic mass is 16.5. The zero-order valence-electron chi connectivity index (χ0n) is 20.1. The van der Waals surface area contributed by atoms with Crippen LogP contribution < -0.4 is 15.4 Å². The van der Waals surface area contributed by atoms with Gasteiger partial charge in [0, 0.05) is 20.2 Å². The summed E-state index contributed by atoms with van der Waals surface area (Å²) in [7, 11) is 1.56. The zero-order valence-corrected chi connectivity index (χ0v) is 20.1. The van der Waals surface area contributed by atoms with Gasteiger partial charge in [-0.2, -0.15) is 0 Å². The fourth-order valence-corrected chi connectivity index (χ4v) is 4.36. The second-order valence-corrected chi connectivity index (χ2v) is 8.37. The summed E-state index contributed by atoms with van der Waals surface area (Å²) in [6.07, 6.45) is 0. The van der Waals surface area contributed by atoms with Crippen molar-refractivity contribution in [3.05, 3.63) is 71.4 Å². The second-order valence-electron chi connectivity index (χ2n) is 8.37. The molecule has 0 aliphatic carbocycles. The Balaban J connectivity index is 1.61. The molecule has 0 fully saturated rings. The highest BCUT2D eigenvalue weighted by molar-refractivity contribution is 6.03. The first-order valence-electron chi connectivity index (χ1n) is 11.7. The van der Waals surface area contributed by atoms with Gasteiger partial charge in [0.1, 0.15) is 17.5 Å². The van der Waals surface area contributed by atoms with Crippen molar-refractivity contribution in [2.24, 2.45) is 0 Å². The van der Waals surface area contributed by atoms with Crippen molar-refractivity contribution >= 4 is 17.8 Å². The van der Waals surface area contributed by atoms with Crippen LogP contribution in [0.4, 0.5) is 4.79 Å². The average Bonchev–Trinajstić information content (AvgIpc) is 3.20. The lowest BCUT2D eigenvalue weighted by Gasteiger charge is -2.33. The van der Waals surface area contributed by atoms with Crippen molar-refractivity contribution in [3.63, 3.8) is 0 Å². The Morgan fingerprint density at radius 1 is 1.14 bits per heavy atom. The van der Waals surface area contributed by atoms with Crippen LogP contribution in [0.2, 0.25) is 0 Å². The Bertz CT molecular complexity index is 1130. The van der Waals surface area contributed by atoms with E-state index in [9.17, 15) is 14.4 Å². The number of urea groups is 1. The molecule has 0 bridgehead atoms. The van der Waals surface area contributed by atoms with Gasteiger partial charge in [0.05, 0.1) is 30.5 Å². The molecule has 9 nitrogen and oxygen atoms in total. The van der Waals surface area contributed by atoms with Gasteiger partial charge in [0.25, 0.3) is 5.91 Å². The van der Waals surface area contributed by atoms with Crippen molar-refractivity contribution in [1.82, 2.24) is 20.4 Å². The molecule has 2 heterocycles. The van der Waals surface area contributed by atoms with Crippen LogP contribution in [-0.2, 0) is 14.3 Å². The van der Waals surface area contributed by atoms with E-state index in [4.69, 9.17) is 9.47 Å². The first-order valence-corrected chi connectivity index (χ1v) is 11.7. The third kappa shape index (κ3) is 5.00. The van der Waals surface area contributed by atoms with Gasteiger partial charge in [-0.1, -0.05) is 30.3 Å². The fourth-order valence-electron chi connectivity index (χ4n) is 4.36. The normalized spacial score (nSPS) is 18.3. The summed E-state index contributed by atoms with van der Waals surface area (Å²) < 4.78 is 10.9. The molecule has 2 aromatic rings. The van der Waals surface area contributed by atoms with E-state index in [0.29, 0.717) is 42.5 Å². The number of nitrogens with one attached hydrogen (secondary N) is 2. The number of likely N-dealkylation sites (N-methyl/N-ethyl adjacent to an activating group) is 1. The molecule has 2 aliphatic heterocycles. The Kier molecular flexibility index (Phi) is 7.36. The summed E-state index contributed by atoms with van der Waals surface area (Å²) >= 11 is 0. The number of amides is 4. The molecule has 2 aliphatic rings. The molecule has 0 spiro atoms. The number of nitrogens with zero attached hydrogens (tertiary/aromatic N) is 2. The van der Waals surface area contributed by atoms with Crippen LogP contribution in [0.25, 0.3) is 0 Å². The van der Waals surface area contributed by atoms with E-state index in [1.807, 2.05) is 61.5 Å². The molecule has 2 unspecified atom stereocenters. The molecule has 0 radical (unpaired) electrons. The Morgan fingerprint density at radius 3 is 2.60 bits per heavy atom. The maximum absolute atomic E-state index is 13.6. The highest BCUT2D eigenvalue weighted by Gasteiger charge is 2.45. The molecule has 9 heteroatoms. The van der Waals surface area contributed by atoms with E-state index in [1.165, 1.54) is 4.90 Å². The second kappa shape index (κ2) is 10.6. The summed E-state index contributed by atoms with van der Waals surface area (Å²) in [6, 6.07) is 15.1. The number of ether oxygens (including phenoxy) is 2. The van der Waals surface area contributed by atoms with Crippen LogP contribution in [0, 0.1) is 0 Å². The van der Waals surface area contributed by atoms with Crippen LogP contribution >= 0.6 is 0 Å². The summed E-state index contributed by atoms with van der Waals surface area (Å²) in [6.45, 7) is 4.87. The van der Waals surface area contributed by atoms with Gasteiger partial charge in [0.15, 0.2) is 0 Å². The number of benzene rings is 2. The molecule has 2 atom stereocenters. The largest absolute Gasteiger partial charge is 0.457 e. The lowest BCUT2D eigenvalue weighted by atomic mass is 9.95. The van der Waals surface area contributed by atoms with Crippen molar-refractivity contribution in [2.45, 2.75) is 25.9 Å². The quantitative estimate of drug-likeness (QED) is 0.540. The molecule has 184 valence electrons.